The molecule has 0 saturated carbocycles. The monoisotopic (exact) mass is 868 g/mol. The summed E-state index contributed by atoms with van der Waals surface area (Å²) in [5.41, 5.74) is 25.6. The minimum Gasteiger partial charge on any atom is -0.376 e. The van der Waals surface area contributed by atoms with E-state index < -0.39 is 0 Å². The molecule has 0 atom stereocenters. The van der Waals surface area contributed by atoms with E-state index in [1.165, 1.54) is 137 Å². The number of aromatic nitrogens is 1. The average molecular weight is 869 g/mol. The summed E-state index contributed by atoms with van der Waals surface area (Å²) in [7, 11) is 0. The lowest BCUT2D eigenvalue weighted by Gasteiger charge is -2.42. The lowest BCUT2D eigenvalue weighted by Crippen LogP contribution is -2.60. The number of hydrogen-bond donors (Lipinski definition) is 0. The van der Waals surface area contributed by atoms with Crippen molar-refractivity contribution in [2.24, 2.45) is 0 Å². The molecule has 0 N–H and O–H groups in total. The normalized spacial score (nSPS) is 15.9. The first kappa shape index (κ1) is 38.9. The predicted molar refractivity (Wildman–Crippen MR) is 285 cm³/mol. The van der Waals surface area contributed by atoms with Gasteiger partial charge in [0.25, 0.3) is 0 Å². The van der Waals surface area contributed by atoms with Crippen molar-refractivity contribution in [2.75, 3.05) is 4.81 Å². The van der Waals surface area contributed by atoms with Gasteiger partial charge in [-0.3, -0.25) is 0 Å². The van der Waals surface area contributed by atoms with E-state index in [4.69, 9.17) is 0 Å². The highest BCUT2D eigenvalue weighted by Gasteiger charge is 2.47. The van der Waals surface area contributed by atoms with E-state index in [0.29, 0.717) is 0 Å². The smallest absolute Gasteiger partial charge is 0.333 e. The molecule has 66 heavy (non-hydrogen) atoms. The molecule has 2 aromatic heterocycles. The molecule has 0 fully saturated rings. The summed E-state index contributed by atoms with van der Waals surface area (Å²) in [6.07, 6.45) is 0. The van der Waals surface area contributed by atoms with Crippen molar-refractivity contribution in [3.8, 4) is 39.1 Å². The van der Waals surface area contributed by atoms with E-state index in [1.807, 2.05) is 11.3 Å². The Balaban J connectivity index is 1.15. The Bertz CT molecular complexity index is 3840. The summed E-state index contributed by atoms with van der Waals surface area (Å²) in [6, 6.07) is 55.3. The second-order valence-corrected chi connectivity index (χ2v) is 24.0. The number of anilines is 2. The maximum atomic E-state index is 2.74. The fraction of sp³-hybridized carbons (Fsp3) is 0.226. The summed E-state index contributed by atoms with van der Waals surface area (Å²) in [5.74, 6) is 0. The van der Waals surface area contributed by atoms with Crippen LogP contribution in [0.2, 0.25) is 0 Å². The Hall–Kier alpha value is -6.36. The molecule has 14 rings (SSSR count). The van der Waals surface area contributed by atoms with Gasteiger partial charge in [-0.15, -0.1) is 11.3 Å². The van der Waals surface area contributed by atoms with Gasteiger partial charge in [-0.25, -0.2) is 0 Å². The van der Waals surface area contributed by atoms with Crippen LogP contribution in [0.25, 0.3) is 81.0 Å². The van der Waals surface area contributed by atoms with E-state index in [1.54, 1.807) is 0 Å². The minimum atomic E-state index is -0.148. The molecule has 2 nitrogen and oxygen atoms in total. The molecule has 4 aliphatic rings. The van der Waals surface area contributed by atoms with Gasteiger partial charge >= 0.3 is 6.85 Å². The fourth-order valence-electron chi connectivity index (χ4n) is 13.0. The number of hydrogen-bond acceptors (Lipinski definition) is 2. The zero-order chi connectivity index (χ0) is 45.1. The number of thiophene rings is 1. The fourth-order valence-corrected chi connectivity index (χ4v) is 14.2. The highest BCUT2D eigenvalue weighted by molar-refractivity contribution is 7.25. The van der Waals surface area contributed by atoms with Gasteiger partial charge in [0.2, 0.25) is 0 Å². The third-order valence-corrected chi connectivity index (χ3v) is 17.6. The van der Waals surface area contributed by atoms with Crippen molar-refractivity contribution in [1.29, 1.82) is 0 Å². The number of benzene rings is 8. The number of rotatable bonds is 1. The summed E-state index contributed by atoms with van der Waals surface area (Å²) in [4.78, 5) is 2.74. The van der Waals surface area contributed by atoms with Crippen LogP contribution in [0.1, 0.15) is 103 Å². The first-order valence-corrected chi connectivity index (χ1v) is 24.8. The summed E-state index contributed by atoms with van der Waals surface area (Å²) < 4.78 is 5.39. The van der Waals surface area contributed by atoms with Crippen LogP contribution in [0.3, 0.4) is 0 Å². The number of fused-ring (bicyclic) bond motifs is 18. The van der Waals surface area contributed by atoms with Crippen LogP contribution in [0.15, 0.2) is 140 Å². The van der Waals surface area contributed by atoms with E-state index in [-0.39, 0.29) is 28.5 Å². The summed E-state index contributed by atoms with van der Waals surface area (Å²) in [6.45, 7) is 23.5. The maximum Gasteiger partial charge on any atom is 0.333 e. The van der Waals surface area contributed by atoms with Gasteiger partial charge in [0.15, 0.2) is 0 Å². The van der Waals surface area contributed by atoms with Crippen molar-refractivity contribution >= 4 is 82.5 Å². The van der Waals surface area contributed by atoms with Crippen molar-refractivity contribution in [1.82, 2.24) is 4.57 Å². The molecule has 2 aliphatic carbocycles. The van der Waals surface area contributed by atoms with Gasteiger partial charge in [-0.2, -0.15) is 0 Å². The third kappa shape index (κ3) is 4.78. The molecule has 0 spiro atoms. The second-order valence-electron chi connectivity index (χ2n) is 22.9. The van der Waals surface area contributed by atoms with Gasteiger partial charge in [-0.1, -0.05) is 166 Å². The van der Waals surface area contributed by atoms with Crippen LogP contribution in [0, 0.1) is 0 Å². The van der Waals surface area contributed by atoms with Crippen LogP contribution < -0.4 is 15.7 Å². The zero-order valence-electron chi connectivity index (χ0n) is 39.7. The average Bonchev–Trinajstić information content (AvgIpc) is 3.97. The molecule has 0 radical (unpaired) electrons. The molecule has 2 aliphatic heterocycles. The van der Waals surface area contributed by atoms with Crippen LogP contribution >= 0.6 is 11.3 Å². The Morgan fingerprint density at radius 3 is 1.88 bits per heavy atom. The molecule has 0 bridgehead atoms. The quantitative estimate of drug-likeness (QED) is 0.149. The van der Waals surface area contributed by atoms with Crippen LogP contribution in [-0.2, 0) is 21.7 Å². The molecule has 10 aromatic rings. The Morgan fingerprint density at radius 2 is 1.14 bits per heavy atom. The molecular formula is C62H53BN2S. The number of nitrogens with zero attached hydrogens (tertiary/aromatic N) is 2. The van der Waals surface area contributed by atoms with Crippen LogP contribution in [0.5, 0.6) is 0 Å². The SMILES string of the molecule is CC(C)(C)c1ccc(N2B3c4cc5c(cc4-n4c6ccc7c(c6c6ccc(c3c64)-c3cc4sc6cc(C(C)(C)C)ccc6c4cc32)-c2ccccc2C7(C)C)-c2ccccc2C5(C)C)cc1. The standard InChI is InChI=1S/C62H53BN2S/c1-59(2,3)34-19-22-36(23-20-34)65-51-31-44-38-24-21-35(60(4,5)6)29-53(38)66-54(44)32-43(51)39-25-26-41-56-50(28-27-47-55(56)40-16-12-14-18-46(40)61(47,7)8)64-52-30-42-37-15-11-13-17-45(37)62(9,10)48(42)33-49(52)63(65)57(39)58(41)64/h11-33H,1-10H3. The van der Waals surface area contributed by atoms with Crippen molar-refractivity contribution in [3.63, 3.8) is 0 Å². The largest absolute Gasteiger partial charge is 0.376 e. The third-order valence-electron chi connectivity index (χ3n) is 16.5. The molecule has 0 amide bonds. The van der Waals surface area contributed by atoms with Gasteiger partial charge in [0.05, 0.1) is 11.0 Å². The van der Waals surface area contributed by atoms with E-state index in [9.17, 15) is 0 Å². The Labute approximate surface area is 392 Å². The van der Waals surface area contributed by atoms with E-state index >= 15 is 0 Å². The van der Waals surface area contributed by atoms with Gasteiger partial charge in [0, 0.05) is 64.4 Å². The van der Waals surface area contributed by atoms with Gasteiger partial charge in [-0.05, 0) is 125 Å². The maximum absolute atomic E-state index is 2.74. The molecule has 320 valence electrons. The molecule has 4 heterocycles. The highest BCUT2D eigenvalue weighted by atomic mass is 32.1. The minimum absolute atomic E-state index is 0.0394. The lowest BCUT2D eigenvalue weighted by molar-refractivity contribution is 0.590. The van der Waals surface area contributed by atoms with Crippen molar-refractivity contribution in [2.45, 2.75) is 90.9 Å². The van der Waals surface area contributed by atoms with Gasteiger partial charge < -0.3 is 9.38 Å². The zero-order valence-corrected chi connectivity index (χ0v) is 40.5. The Kier molecular flexibility index (Phi) is 7.27. The molecule has 8 aromatic carbocycles. The lowest BCUT2D eigenvalue weighted by atomic mass is 9.43. The summed E-state index contributed by atoms with van der Waals surface area (Å²) in [5, 5.41) is 5.39. The van der Waals surface area contributed by atoms with Crippen molar-refractivity contribution < 1.29 is 0 Å². The van der Waals surface area contributed by atoms with Crippen LogP contribution in [0.4, 0.5) is 11.4 Å². The molecule has 4 heteroatoms. The van der Waals surface area contributed by atoms with E-state index in [2.05, 4.69) is 218 Å². The topological polar surface area (TPSA) is 8.17 Å². The molecular weight excluding hydrogens is 816 g/mol. The molecule has 0 saturated heterocycles. The predicted octanol–water partition coefficient (Wildman–Crippen LogP) is 15.6. The van der Waals surface area contributed by atoms with Crippen LogP contribution in [-0.4, -0.2) is 11.4 Å². The highest BCUT2D eigenvalue weighted by Crippen LogP contribution is 2.56. The summed E-state index contributed by atoms with van der Waals surface area (Å²) >= 11 is 1.95. The Morgan fingerprint density at radius 1 is 0.485 bits per heavy atom. The van der Waals surface area contributed by atoms with Crippen molar-refractivity contribution in [3.05, 3.63) is 173 Å². The first-order valence-electron chi connectivity index (χ1n) is 24.0. The van der Waals surface area contributed by atoms with E-state index in [0.717, 1.165) is 0 Å². The molecule has 0 unspecified atom stereocenters. The second kappa shape index (κ2) is 12.3. The van der Waals surface area contributed by atoms with Gasteiger partial charge in [0.1, 0.15) is 0 Å². The first-order chi connectivity index (χ1) is 31.5.